The molecule has 4 heterocycles. The molecule has 0 radical (unpaired) electrons. The largest absolute Gasteiger partial charge is 0.459 e. The van der Waals surface area contributed by atoms with Crippen molar-refractivity contribution in [2.24, 2.45) is 5.92 Å². The monoisotopic (exact) mass is 434 g/mol. The van der Waals surface area contributed by atoms with Gasteiger partial charge in [-0.1, -0.05) is 32.0 Å². The zero-order valence-corrected chi connectivity index (χ0v) is 18.5. The van der Waals surface area contributed by atoms with Crippen molar-refractivity contribution in [2.75, 3.05) is 30.3 Å². The van der Waals surface area contributed by atoms with E-state index in [2.05, 4.69) is 41.0 Å². The zero-order valence-electron chi connectivity index (χ0n) is 18.5. The second-order valence-electron chi connectivity index (χ2n) is 8.82. The summed E-state index contributed by atoms with van der Waals surface area (Å²) in [5.41, 5.74) is 2.82. The van der Waals surface area contributed by atoms with Gasteiger partial charge in [0.2, 0.25) is 0 Å². The quantitative estimate of drug-likeness (QED) is 0.353. The minimum atomic E-state index is -0.341. The molecule has 2 atom stereocenters. The lowest BCUT2D eigenvalue weighted by Gasteiger charge is -2.28. The molecule has 0 saturated carbocycles. The highest BCUT2D eigenvalue weighted by atomic mass is 16.3. The molecule has 8 nitrogen and oxygen atoms in total. The number of piperidine rings is 1. The fourth-order valence-corrected chi connectivity index (χ4v) is 4.28. The number of benzene rings is 1. The molecule has 4 aromatic rings. The van der Waals surface area contributed by atoms with Crippen molar-refractivity contribution in [1.29, 1.82) is 0 Å². The number of nitrogens with zero attached hydrogens (tertiary/aromatic N) is 3. The van der Waals surface area contributed by atoms with Crippen LogP contribution < -0.4 is 16.0 Å². The van der Waals surface area contributed by atoms with Gasteiger partial charge in [0.25, 0.3) is 0 Å². The summed E-state index contributed by atoms with van der Waals surface area (Å²) in [6, 6.07) is 12.0. The summed E-state index contributed by atoms with van der Waals surface area (Å²) in [6.07, 6.45) is 2.49. The fraction of sp³-hybridized carbons (Fsp3) is 0.417. The van der Waals surface area contributed by atoms with E-state index in [1.807, 2.05) is 41.0 Å². The number of aromatic nitrogens is 3. The van der Waals surface area contributed by atoms with E-state index in [0.29, 0.717) is 25.6 Å². The Bertz CT molecular complexity index is 1180. The maximum Gasteiger partial charge on any atom is 0.163 e. The Labute approximate surface area is 187 Å². The zero-order chi connectivity index (χ0) is 22.1. The van der Waals surface area contributed by atoms with Crippen molar-refractivity contribution < 1.29 is 9.52 Å². The molecule has 0 unspecified atom stereocenters. The van der Waals surface area contributed by atoms with E-state index in [9.17, 15) is 5.11 Å². The molecule has 5 rings (SSSR count). The van der Waals surface area contributed by atoms with Gasteiger partial charge in [0, 0.05) is 36.0 Å². The molecular weight excluding hydrogens is 404 g/mol. The molecule has 3 aromatic heterocycles. The summed E-state index contributed by atoms with van der Waals surface area (Å²) < 4.78 is 7.81. The minimum Gasteiger partial charge on any atom is -0.459 e. The number of aliphatic hydroxyl groups is 1. The Balaban J connectivity index is 1.40. The van der Waals surface area contributed by atoms with Crippen LogP contribution in [0, 0.1) is 5.92 Å². The van der Waals surface area contributed by atoms with Gasteiger partial charge in [-0.15, -0.1) is 0 Å². The van der Waals surface area contributed by atoms with Crippen LogP contribution in [-0.2, 0) is 6.54 Å². The SMILES string of the molecule is CC(C)c1cnn2c(NCc3cc4ccccc4o3)cc(NC[C@H]3CCNC[C@@H]3O)nc12. The molecule has 168 valence electrons. The maximum absolute atomic E-state index is 10.3. The fourth-order valence-electron chi connectivity index (χ4n) is 4.28. The first kappa shape index (κ1) is 20.8. The molecule has 32 heavy (non-hydrogen) atoms. The van der Waals surface area contributed by atoms with E-state index in [1.54, 1.807) is 0 Å². The Kier molecular flexibility index (Phi) is 5.71. The van der Waals surface area contributed by atoms with E-state index >= 15 is 0 Å². The van der Waals surface area contributed by atoms with Gasteiger partial charge in [0.05, 0.1) is 18.8 Å². The molecular formula is C24H30N6O2. The second-order valence-corrected chi connectivity index (χ2v) is 8.82. The highest BCUT2D eigenvalue weighted by Crippen LogP contribution is 2.26. The standard InChI is InChI=1S/C24H30N6O2/c1-15(2)19-13-28-30-23(27-12-18-9-16-5-3-4-6-21(16)32-18)10-22(29-24(19)30)26-11-17-7-8-25-14-20(17)31/h3-6,9-10,13,15,17,20,25,27,31H,7-8,11-12,14H2,1-2H3,(H,26,29)/t17-,20+/m1/s1. The summed E-state index contributed by atoms with van der Waals surface area (Å²) >= 11 is 0. The van der Waals surface area contributed by atoms with Crippen LogP contribution in [-0.4, -0.2) is 45.4 Å². The third-order valence-electron chi connectivity index (χ3n) is 6.18. The summed E-state index contributed by atoms with van der Waals surface area (Å²) in [5, 5.41) is 26.1. The van der Waals surface area contributed by atoms with Crippen molar-refractivity contribution >= 4 is 28.3 Å². The van der Waals surface area contributed by atoms with E-state index in [0.717, 1.165) is 52.5 Å². The third-order valence-corrected chi connectivity index (χ3v) is 6.18. The first-order valence-corrected chi connectivity index (χ1v) is 11.3. The first-order valence-electron chi connectivity index (χ1n) is 11.3. The number of hydrogen-bond acceptors (Lipinski definition) is 7. The summed E-state index contributed by atoms with van der Waals surface area (Å²) in [6.45, 7) is 7.08. The highest BCUT2D eigenvalue weighted by molar-refractivity contribution is 5.77. The van der Waals surface area contributed by atoms with Crippen molar-refractivity contribution in [3.63, 3.8) is 0 Å². The first-order chi connectivity index (χ1) is 15.6. The van der Waals surface area contributed by atoms with Crippen LogP contribution in [0.1, 0.15) is 37.5 Å². The van der Waals surface area contributed by atoms with Crippen molar-refractivity contribution in [2.45, 2.75) is 38.8 Å². The predicted molar refractivity (Wildman–Crippen MR) is 126 cm³/mol. The molecule has 4 N–H and O–H groups in total. The van der Waals surface area contributed by atoms with Gasteiger partial charge in [0.15, 0.2) is 5.65 Å². The number of rotatable bonds is 7. The number of aliphatic hydroxyl groups excluding tert-OH is 1. The van der Waals surface area contributed by atoms with Crippen LogP contribution >= 0.6 is 0 Å². The maximum atomic E-state index is 10.3. The van der Waals surface area contributed by atoms with E-state index < -0.39 is 0 Å². The van der Waals surface area contributed by atoms with Crippen LogP contribution in [0.3, 0.4) is 0 Å². The van der Waals surface area contributed by atoms with Crippen LogP contribution in [0.4, 0.5) is 11.6 Å². The van der Waals surface area contributed by atoms with Crippen LogP contribution in [0.25, 0.3) is 16.6 Å². The minimum absolute atomic E-state index is 0.204. The Morgan fingerprint density at radius 2 is 2.12 bits per heavy atom. The van der Waals surface area contributed by atoms with E-state index in [4.69, 9.17) is 9.40 Å². The molecule has 1 aliphatic rings. The van der Waals surface area contributed by atoms with Gasteiger partial charge in [-0.25, -0.2) is 4.98 Å². The van der Waals surface area contributed by atoms with E-state index in [1.165, 1.54) is 0 Å². The smallest absolute Gasteiger partial charge is 0.163 e. The lowest BCUT2D eigenvalue weighted by atomic mass is 9.95. The number of furan rings is 1. The molecule has 0 spiro atoms. The van der Waals surface area contributed by atoms with Crippen molar-refractivity contribution in [3.8, 4) is 0 Å². The molecule has 0 aliphatic carbocycles. The summed E-state index contributed by atoms with van der Waals surface area (Å²) in [4.78, 5) is 4.84. The Hall–Kier alpha value is -3.10. The molecule has 0 amide bonds. The van der Waals surface area contributed by atoms with Crippen LogP contribution in [0.5, 0.6) is 0 Å². The van der Waals surface area contributed by atoms with Crippen LogP contribution in [0.2, 0.25) is 0 Å². The molecule has 1 fully saturated rings. The van der Waals surface area contributed by atoms with Crippen molar-refractivity contribution in [3.05, 3.63) is 53.9 Å². The van der Waals surface area contributed by atoms with Gasteiger partial charge >= 0.3 is 0 Å². The molecule has 0 bridgehead atoms. The highest BCUT2D eigenvalue weighted by Gasteiger charge is 2.23. The number of β-amino-alcohol motifs (C(OH)–C–C–N with tert-alkyl or cyclic N) is 1. The van der Waals surface area contributed by atoms with E-state index in [-0.39, 0.29) is 12.0 Å². The number of hydrogen-bond donors (Lipinski definition) is 4. The van der Waals surface area contributed by atoms with Crippen molar-refractivity contribution in [1.82, 2.24) is 19.9 Å². The predicted octanol–water partition coefficient (Wildman–Crippen LogP) is 3.59. The molecule has 1 aliphatic heterocycles. The molecule has 1 aromatic carbocycles. The normalized spacial score (nSPS) is 19.1. The topological polar surface area (TPSA) is 99.7 Å². The van der Waals surface area contributed by atoms with Gasteiger partial charge in [-0.2, -0.15) is 9.61 Å². The lowest BCUT2D eigenvalue weighted by Crippen LogP contribution is -2.43. The summed E-state index contributed by atoms with van der Waals surface area (Å²) in [5.74, 6) is 2.99. The van der Waals surface area contributed by atoms with Gasteiger partial charge < -0.3 is 25.5 Å². The second kappa shape index (κ2) is 8.80. The Morgan fingerprint density at radius 1 is 1.25 bits per heavy atom. The number of nitrogens with one attached hydrogen (secondary N) is 3. The number of fused-ring (bicyclic) bond motifs is 2. The van der Waals surface area contributed by atoms with Gasteiger partial charge in [-0.3, -0.25) is 0 Å². The van der Waals surface area contributed by atoms with Gasteiger partial charge in [0.1, 0.15) is 23.0 Å². The Morgan fingerprint density at radius 3 is 2.94 bits per heavy atom. The third kappa shape index (κ3) is 4.16. The van der Waals surface area contributed by atoms with Gasteiger partial charge in [-0.05, 0) is 31.0 Å². The number of para-hydroxylation sites is 1. The summed E-state index contributed by atoms with van der Waals surface area (Å²) in [7, 11) is 0. The average Bonchev–Trinajstić information content (AvgIpc) is 3.41. The molecule has 1 saturated heterocycles. The lowest BCUT2D eigenvalue weighted by molar-refractivity contribution is 0.0883. The average molecular weight is 435 g/mol. The molecule has 8 heteroatoms. The van der Waals surface area contributed by atoms with Crippen LogP contribution in [0.15, 0.2) is 47.0 Å². The number of anilines is 2.